The molecule has 9 heteroatoms. The van der Waals surface area contributed by atoms with Crippen LogP contribution in [0.2, 0.25) is 0 Å². The summed E-state index contributed by atoms with van der Waals surface area (Å²) in [7, 11) is 0. The Hall–Kier alpha value is -2.16. The molecule has 0 saturated carbocycles. The average molecular weight is 340 g/mol. The second-order valence-electron chi connectivity index (χ2n) is 6.03. The predicted octanol–water partition coefficient (Wildman–Crippen LogP) is 2.60. The smallest absolute Gasteiger partial charge is 0.366 e. The zero-order valence-corrected chi connectivity index (χ0v) is 13.3. The number of anilines is 1. The Balaban J connectivity index is 1.62. The Morgan fingerprint density at radius 2 is 2.21 bits per heavy atom. The normalized spacial score (nSPS) is 19.4. The molecule has 2 aromatic rings. The minimum Gasteiger partial charge on any atom is -0.366 e. The number of nitrogens with one attached hydrogen (secondary N) is 2. The fourth-order valence-electron chi connectivity index (χ4n) is 2.89. The van der Waals surface area contributed by atoms with E-state index in [-0.39, 0.29) is 11.9 Å². The molecule has 0 spiro atoms. The Morgan fingerprint density at radius 1 is 1.38 bits per heavy atom. The molecular weight excluding hydrogens is 321 g/mol. The summed E-state index contributed by atoms with van der Waals surface area (Å²) in [4.78, 5) is 9.46. The van der Waals surface area contributed by atoms with Crippen LogP contribution in [0.4, 0.5) is 19.0 Å². The first-order valence-electron chi connectivity index (χ1n) is 7.79. The molecule has 0 aromatic carbocycles. The number of aryl methyl sites for hydroxylation is 1. The van der Waals surface area contributed by atoms with E-state index in [1.807, 2.05) is 13.1 Å². The van der Waals surface area contributed by atoms with Crippen molar-refractivity contribution in [2.24, 2.45) is 0 Å². The molecule has 2 N–H and O–H groups in total. The van der Waals surface area contributed by atoms with Crippen LogP contribution in [0.1, 0.15) is 29.8 Å². The number of hydrogen-bond acceptors (Lipinski definition) is 5. The maximum absolute atomic E-state index is 12.7. The van der Waals surface area contributed by atoms with Gasteiger partial charge < -0.3 is 5.32 Å². The summed E-state index contributed by atoms with van der Waals surface area (Å²) < 4.78 is 38.2. The van der Waals surface area contributed by atoms with E-state index in [4.69, 9.17) is 0 Å². The third-order valence-corrected chi connectivity index (χ3v) is 4.14. The summed E-state index contributed by atoms with van der Waals surface area (Å²) in [6.45, 7) is 4.45. The quantitative estimate of drug-likeness (QED) is 0.895. The Labute approximate surface area is 137 Å². The zero-order valence-electron chi connectivity index (χ0n) is 13.3. The molecule has 1 unspecified atom stereocenters. The summed E-state index contributed by atoms with van der Waals surface area (Å²) in [5.74, 6) is 0.212. The summed E-state index contributed by atoms with van der Waals surface area (Å²) >= 11 is 0. The number of alkyl halides is 3. The van der Waals surface area contributed by atoms with E-state index in [0.717, 1.165) is 56.1 Å². The van der Waals surface area contributed by atoms with Crippen molar-refractivity contribution < 1.29 is 13.2 Å². The molecule has 0 radical (unpaired) electrons. The monoisotopic (exact) mass is 340 g/mol. The van der Waals surface area contributed by atoms with Crippen LogP contribution in [-0.2, 0) is 12.7 Å². The topological polar surface area (TPSA) is 69.7 Å². The summed E-state index contributed by atoms with van der Waals surface area (Å²) in [5, 5.41) is 10.0. The minimum absolute atomic E-state index is 0.0574. The Bertz CT molecular complexity index is 684. The second-order valence-corrected chi connectivity index (χ2v) is 6.03. The molecule has 24 heavy (non-hydrogen) atoms. The molecule has 0 amide bonds. The number of halogens is 3. The number of hydrogen-bond donors (Lipinski definition) is 2. The molecule has 3 rings (SSSR count). The predicted molar refractivity (Wildman–Crippen MR) is 82.3 cm³/mol. The first kappa shape index (κ1) is 16.7. The molecule has 6 nitrogen and oxygen atoms in total. The van der Waals surface area contributed by atoms with Gasteiger partial charge in [-0.1, -0.05) is 0 Å². The summed E-state index contributed by atoms with van der Waals surface area (Å²) in [6.07, 6.45) is 0.168. The molecule has 130 valence electrons. The highest BCUT2D eigenvalue weighted by Crippen LogP contribution is 2.28. The number of aromatic nitrogens is 4. The van der Waals surface area contributed by atoms with Gasteiger partial charge in [0.25, 0.3) is 0 Å². The maximum atomic E-state index is 12.7. The van der Waals surface area contributed by atoms with Gasteiger partial charge in [0, 0.05) is 36.5 Å². The van der Waals surface area contributed by atoms with Gasteiger partial charge in [0.2, 0.25) is 0 Å². The van der Waals surface area contributed by atoms with E-state index in [2.05, 4.69) is 30.4 Å². The Morgan fingerprint density at radius 3 is 2.92 bits per heavy atom. The van der Waals surface area contributed by atoms with Gasteiger partial charge in [-0.3, -0.25) is 10.00 Å². The molecule has 1 atom stereocenters. The highest BCUT2D eigenvalue weighted by molar-refractivity contribution is 5.37. The van der Waals surface area contributed by atoms with Crippen LogP contribution in [0.3, 0.4) is 0 Å². The van der Waals surface area contributed by atoms with E-state index < -0.39 is 11.9 Å². The van der Waals surface area contributed by atoms with Crippen molar-refractivity contribution in [3.63, 3.8) is 0 Å². The summed E-state index contributed by atoms with van der Waals surface area (Å²) in [5.41, 5.74) is 1.24. The average Bonchev–Trinajstić information content (AvgIpc) is 2.92. The van der Waals surface area contributed by atoms with E-state index in [1.54, 1.807) is 0 Å². The molecular formula is C15H19F3N6. The summed E-state index contributed by atoms with van der Waals surface area (Å²) in [6, 6.07) is 1.01. The van der Waals surface area contributed by atoms with Gasteiger partial charge >= 0.3 is 6.18 Å². The number of rotatable bonds is 4. The highest BCUT2D eigenvalue weighted by Gasteiger charge is 2.33. The number of piperidine rings is 1. The van der Waals surface area contributed by atoms with Crippen LogP contribution in [0, 0.1) is 6.92 Å². The molecule has 1 aliphatic rings. The molecule has 3 heterocycles. The van der Waals surface area contributed by atoms with Crippen LogP contribution < -0.4 is 5.32 Å². The first-order valence-corrected chi connectivity index (χ1v) is 7.79. The van der Waals surface area contributed by atoms with Gasteiger partial charge in [-0.05, 0) is 26.3 Å². The van der Waals surface area contributed by atoms with Crippen molar-refractivity contribution in [3.8, 4) is 0 Å². The van der Waals surface area contributed by atoms with Crippen molar-refractivity contribution in [2.45, 2.75) is 38.5 Å². The van der Waals surface area contributed by atoms with Gasteiger partial charge in [-0.15, -0.1) is 0 Å². The van der Waals surface area contributed by atoms with E-state index in [9.17, 15) is 13.2 Å². The van der Waals surface area contributed by atoms with Gasteiger partial charge in [-0.2, -0.15) is 18.3 Å². The van der Waals surface area contributed by atoms with Gasteiger partial charge in [-0.25, -0.2) is 9.97 Å². The van der Waals surface area contributed by atoms with Gasteiger partial charge in [0.1, 0.15) is 17.8 Å². The third-order valence-electron chi connectivity index (χ3n) is 4.14. The largest absolute Gasteiger partial charge is 0.433 e. The fourth-order valence-corrected chi connectivity index (χ4v) is 2.89. The maximum Gasteiger partial charge on any atom is 0.433 e. The van der Waals surface area contributed by atoms with E-state index in [0.29, 0.717) is 0 Å². The lowest BCUT2D eigenvalue weighted by molar-refractivity contribution is -0.141. The van der Waals surface area contributed by atoms with Gasteiger partial charge in [0.05, 0.1) is 6.20 Å². The van der Waals surface area contributed by atoms with Crippen molar-refractivity contribution >= 4 is 5.82 Å². The van der Waals surface area contributed by atoms with Crippen LogP contribution in [-0.4, -0.2) is 44.2 Å². The van der Waals surface area contributed by atoms with Crippen LogP contribution in [0.5, 0.6) is 0 Å². The lowest BCUT2D eigenvalue weighted by Crippen LogP contribution is -2.41. The molecule has 0 aliphatic carbocycles. The van der Waals surface area contributed by atoms with Crippen molar-refractivity contribution in [1.82, 2.24) is 25.1 Å². The molecule has 1 fully saturated rings. The van der Waals surface area contributed by atoms with E-state index >= 15 is 0 Å². The highest BCUT2D eigenvalue weighted by atomic mass is 19.4. The first-order chi connectivity index (χ1) is 11.4. The van der Waals surface area contributed by atoms with Crippen molar-refractivity contribution in [3.05, 3.63) is 35.5 Å². The SMILES string of the molecule is Cc1[nH]ncc1CN1CCCC(Nc2cc(C(F)(F)F)ncn2)C1. The minimum atomic E-state index is -4.46. The fraction of sp³-hybridized carbons (Fsp3) is 0.533. The standard InChI is InChI=1S/C15H19F3N6/c1-10-11(6-21-23-10)7-24-4-2-3-12(8-24)22-14-5-13(15(16,17)18)19-9-20-14/h5-6,9,12H,2-4,7-8H2,1H3,(H,21,23)(H,19,20,22). The van der Waals surface area contributed by atoms with Crippen LogP contribution in [0.15, 0.2) is 18.6 Å². The van der Waals surface area contributed by atoms with Gasteiger partial charge in [0.15, 0.2) is 0 Å². The van der Waals surface area contributed by atoms with Crippen LogP contribution in [0.25, 0.3) is 0 Å². The molecule has 1 saturated heterocycles. The number of likely N-dealkylation sites (tertiary alicyclic amines) is 1. The molecule has 0 bridgehead atoms. The lowest BCUT2D eigenvalue weighted by atomic mass is 10.0. The Kier molecular flexibility index (Phi) is 4.70. The number of nitrogens with zero attached hydrogens (tertiary/aromatic N) is 4. The molecule has 2 aromatic heterocycles. The number of aromatic amines is 1. The van der Waals surface area contributed by atoms with Crippen molar-refractivity contribution in [2.75, 3.05) is 18.4 Å². The van der Waals surface area contributed by atoms with E-state index in [1.165, 1.54) is 0 Å². The van der Waals surface area contributed by atoms with Crippen LogP contribution >= 0.6 is 0 Å². The molecule has 1 aliphatic heterocycles. The third kappa shape index (κ3) is 4.02. The zero-order chi connectivity index (χ0) is 17.2. The number of H-pyrrole nitrogens is 1. The van der Waals surface area contributed by atoms with Crippen molar-refractivity contribution in [1.29, 1.82) is 0 Å². The second kappa shape index (κ2) is 6.76. The lowest BCUT2D eigenvalue weighted by Gasteiger charge is -2.33.